The van der Waals surface area contributed by atoms with Gasteiger partial charge in [-0.3, -0.25) is 13.8 Å². The van der Waals surface area contributed by atoms with Gasteiger partial charge < -0.3 is 5.32 Å². The van der Waals surface area contributed by atoms with Crippen LogP contribution in [0.4, 0.5) is 5.69 Å². The molecule has 0 saturated heterocycles. The van der Waals surface area contributed by atoms with Crippen LogP contribution in [0.5, 0.6) is 0 Å². The first-order chi connectivity index (χ1) is 14.7. The molecule has 0 spiro atoms. The van der Waals surface area contributed by atoms with E-state index in [2.05, 4.69) is 10.4 Å². The van der Waals surface area contributed by atoms with Crippen LogP contribution in [0.15, 0.2) is 29.2 Å². The largest absolute Gasteiger partial charge is 0.352 e. The minimum absolute atomic E-state index is 0.109. The molecule has 1 aromatic heterocycles. The summed E-state index contributed by atoms with van der Waals surface area (Å²) in [6.07, 6.45) is 7.72. The topological polar surface area (TPSA) is 84.3 Å². The van der Waals surface area contributed by atoms with Crippen molar-refractivity contribution in [2.24, 2.45) is 7.05 Å². The SMILES string of the molecule is Cc1ccc(N(CC(=O)NC2CCCCCCC2)S(=O)(=O)c2c(C)nn(C)c2C)cc1. The number of benzene rings is 1. The number of sulfonamides is 1. The van der Waals surface area contributed by atoms with Gasteiger partial charge in [-0.1, -0.05) is 49.8 Å². The predicted octanol–water partition coefficient (Wildman–Crippen LogP) is 3.77. The van der Waals surface area contributed by atoms with Crippen LogP contribution in [0.1, 0.15) is 61.9 Å². The Bertz CT molecular complexity index is 1000. The summed E-state index contributed by atoms with van der Waals surface area (Å²) >= 11 is 0. The van der Waals surface area contributed by atoms with Gasteiger partial charge in [0.25, 0.3) is 10.0 Å². The summed E-state index contributed by atoms with van der Waals surface area (Å²) in [5, 5.41) is 7.36. The molecule has 3 rings (SSSR count). The highest BCUT2D eigenvalue weighted by Crippen LogP contribution is 2.28. The Morgan fingerprint density at radius 3 is 2.19 bits per heavy atom. The molecule has 170 valence electrons. The van der Waals surface area contributed by atoms with E-state index in [1.165, 1.54) is 23.6 Å². The Hall–Kier alpha value is -2.35. The second-order valence-corrected chi connectivity index (χ2v) is 10.4. The summed E-state index contributed by atoms with van der Waals surface area (Å²) in [6, 6.07) is 7.31. The van der Waals surface area contributed by atoms with Crippen LogP contribution >= 0.6 is 0 Å². The molecule has 0 atom stereocenters. The first-order valence-electron chi connectivity index (χ1n) is 11.1. The molecular formula is C23H34N4O3S. The zero-order valence-corrected chi connectivity index (χ0v) is 19.8. The average molecular weight is 447 g/mol. The Morgan fingerprint density at radius 2 is 1.65 bits per heavy atom. The number of aryl methyl sites for hydroxylation is 3. The second kappa shape index (κ2) is 9.85. The number of hydrogen-bond acceptors (Lipinski definition) is 4. The van der Waals surface area contributed by atoms with Crippen molar-refractivity contribution in [2.45, 2.75) is 76.7 Å². The molecule has 1 aliphatic rings. The van der Waals surface area contributed by atoms with Crippen LogP contribution in [-0.2, 0) is 21.9 Å². The summed E-state index contributed by atoms with van der Waals surface area (Å²) in [6.45, 7) is 5.10. The van der Waals surface area contributed by atoms with Gasteiger partial charge in [-0.05, 0) is 45.7 Å². The fraction of sp³-hybridized carbons (Fsp3) is 0.565. The number of carbonyl (C=O) groups excluding carboxylic acids is 1. The fourth-order valence-corrected chi connectivity index (χ4v) is 6.09. The smallest absolute Gasteiger partial charge is 0.268 e. The quantitative estimate of drug-likeness (QED) is 0.732. The molecule has 2 aromatic rings. The number of hydrogen-bond donors (Lipinski definition) is 1. The van der Waals surface area contributed by atoms with Gasteiger partial charge in [0, 0.05) is 13.1 Å². The van der Waals surface area contributed by atoms with Gasteiger partial charge in [0.05, 0.1) is 17.1 Å². The number of nitrogens with zero attached hydrogens (tertiary/aromatic N) is 3. The van der Waals surface area contributed by atoms with E-state index in [1.54, 1.807) is 37.7 Å². The molecule has 0 radical (unpaired) electrons. The fourth-order valence-electron chi connectivity index (χ4n) is 4.27. The number of rotatable bonds is 6. The lowest BCUT2D eigenvalue weighted by atomic mass is 9.97. The molecule has 0 aliphatic heterocycles. The van der Waals surface area contributed by atoms with E-state index in [0.29, 0.717) is 17.1 Å². The average Bonchev–Trinajstić information content (AvgIpc) is 2.95. The van der Waals surface area contributed by atoms with E-state index in [-0.39, 0.29) is 23.4 Å². The van der Waals surface area contributed by atoms with Crippen molar-refractivity contribution in [3.63, 3.8) is 0 Å². The van der Waals surface area contributed by atoms with Crippen molar-refractivity contribution >= 4 is 21.6 Å². The Morgan fingerprint density at radius 1 is 1.06 bits per heavy atom. The molecule has 7 nitrogen and oxygen atoms in total. The first kappa shape index (κ1) is 23.3. The Labute approximate surface area is 185 Å². The van der Waals surface area contributed by atoms with Crippen LogP contribution in [0.2, 0.25) is 0 Å². The van der Waals surface area contributed by atoms with Gasteiger partial charge in [0.15, 0.2) is 0 Å². The third kappa shape index (κ3) is 5.47. The van der Waals surface area contributed by atoms with Crippen molar-refractivity contribution in [3.8, 4) is 0 Å². The number of carbonyl (C=O) groups is 1. The Kier molecular flexibility index (Phi) is 7.41. The third-order valence-corrected chi connectivity index (χ3v) is 8.10. The standard InChI is InChI=1S/C23H34N4O3S/c1-17-12-14-21(15-13-17)27(31(29,30)23-18(2)25-26(4)19(23)3)16-22(28)24-20-10-8-6-5-7-9-11-20/h12-15,20H,5-11,16H2,1-4H3,(H,24,28). The summed E-state index contributed by atoms with van der Waals surface area (Å²) < 4.78 is 30.2. The molecule has 1 aliphatic carbocycles. The van der Waals surface area contributed by atoms with E-state index < -0.39 is 10.0 Å². The lowest BCUT2D eigenvalue weighted by Gasteiger charge is -2.26. The molecule has 1 fully saturated rings. The second-order valence-electron chi connectivity index (χ2n) is 8.58. The van der Waals surface area contributed by atoms with Gasteiger partial charge in [-0.2, -0.15) is 5.10 Å². The predicted molar refractivity (Wildman–Crippen MR) is 123 cm³/mol. The third-order valence-electron chi connectivity index (χ3n) is 6.07. The summed E-state index contributed by atoms with van der Waals surface area (Å²) in [7, 11) is -2.25. The molecule has 1 amide bonds. The van der Waals surface area contributed by atoms with Crippen molar-refractivity contribution < 1.29 is 13.2 Å². The minimum Gasteiger partial charge on any atom is -0.352 e. The Balaban J connectivity index is 1.89. The zero-order valence-electron chi connectivity index (χ0n) is 19.0. The lowest BCUT2D eigenvalue weighted by Crippen LogP contribution is -2.44. The molecule has 1 heterocycles. The summed E-state index contributed by atoms with van der Waals surface area (Å²) in [5.41, 5.74) is 2.47. The van der Waals surface area contributed by atoms with Crippen LogP contribution in [0.3, 0.4) is 0 Å². The number of anilines is 1. The molecule has 31 heavy (non-hydrogen) atoms. The maximum Gasteiger partial charge on any atom is 0.268 e. The molecule has 1 saturated carbocycles. The molecule has 1 N–H and O–H groups in total. The maximum atomic E-state index is 13.7. The van der Waals surface area contributed by atoms with E-state index >= 15 is 0 Å². The first-order valence-corrected chi connectivity index (χ1v) is 12.5. The van der Waals surface area contributed by atoms with Gasteiger partial charge in [-0.25, -0.2) is 8.42 Å². The minimum atomic E-state index is -3.97. The maximum absolute atomic E-state index is 13.7. The van der Waals surface area contributed by atoms with E-state index in [1.807, 2.05) is 19.1 Å². The van der Waals surface area contributed by atoms with Crippen LogP contribution in [0, 0.1) is 20.8 Å². The molecular weight excluding hydrogens is 412 g/mol. The lowest BCUT2D eigenvalue weighted by molar-refractivity contribution is -0.120. The van der Waals surface area contributed by atoms with E-state index in [4.69, 9.17) is 0 Å². The normalized spacial score (nSPS) is 15.9. The van der Waals surface area contributed by atoms with Crippen molar-refractivity contribution in [3.05, 3.63) is 41.2 Å². The molecule has 0 bridgehead atoms. The molecule has 1 aromatic carbocycles. The molecule has 0 unspecified atom stereocenters. The van der Waals surface area contributed by atoms with E-state index in [0.717, 1.165) is 31.2 Å². The summed E-state index contributed by atoms with van der Waals surface area (Å²) in [5.74, 6) is -0.270. The van der Waals surface area contributed by atoms with Gasteiger partial charge in [0.1, 0.15) is 11.4 Å². The monoisotopic (exact) mass is 446 g/mol. The van der Waals surface area contributed by atoms with Gasteiger partial charge >= 0.3 is 0 Å². The highest BCUT2D eigenvalue weighted by Gasteiger charge is 2.32. The van der Waals surface area contributed by atoms with E-state index in [9.17, 15) is 13.2 Å². The van der Waals surface area contributed by atoms with Crippen LogP contribution in [0.25, 0.3) is 0 Å². The van der Waals surface area contributed by atoms with Gasteiger partial charge in [-0.15, -0.1) is 0 Å². The highest BCUT2D eigenvalue weighted by molar-refractivity contribution is 7.93. The van der Waals surface area contributed by atoms with Crippen molar-refractivity contribution in [1.29, 1.82) is 0 Å². The van der Waals surface area contributed by atoms with Gasteiger partial charge in [0.2, 0.25) is 5.91 Å². The van der Waals surface area contributed by atoms with Crippen LogP contribution in [-0.4, -0.2) is 36.7 Å². The number of nitrogens with one attached hydrogen (secondary N) is 1. The zero-order chi connectivity index (χ0) is 22.6. The number of aromatic nitrogens is 2. The van der Waals surface area contributed by atoms with Crippen LogP contribution < -0.4 is 9.62 Å². The molecule has 8 heteroatoms. The van der Waals surface area contributed by atoms with Crippen molar-refractivity contribution in [1.82, 2.24) is 15.1 Å². The highest BCUT2D eigenvalue weighted by atomic mass is 32.2. The van der Waals surface area contributed by atoms with Crippen molar-refractivity contribution in [2.75, 3.05) is 10.8 Å². The number of amides is 1. The summed E-state index contributed by atoms with van der Waals surface area (Å²) in [4.78, 5) is 13.1.